The lowest BCUT2D eigenvalue weighted by Gasteiger charge is -2.30. The Balaban J connectivity index is 1.71. The van der Waals surface area contributed by atoms with Crippen molar-refractivity contribution in [2.24, 2.45) is 0 Å². The highest BCUT2D eigenvalue weighted by molar-refractivity contribution is 5.93. The van der Waals surface area contributed by atoms with E-state index >= 15 is 0 Å². The van der Waals surface area contributed by atoms with Crippen LogP contribution in [0.3, 0.4) is 0 Å². The second-order valence-electron chi connectivity index (χ2n) is 6.41. The van der Waals surface area contributed by atoms with Crippen LogP contribution in [0.15, 0.2) is 48.8 Å². The maximum Gasteiger partial charge on any atom is 0.255 e. The molecule has 0 aliphatic carbocycles. The zero-order valence-electron chi connectivity index (χ0n) is 14.7. The van der Waals surface area contributed by atoms with Gasteiger partial charge in [0.2, 0.25) is 0 Å². The van der Waals surface area contributed by atoms with Gasteiger partial charge in [0, 0.05) is 45.1 Å². The van der Waals surface area contributed by atoms with Crippen LogP contribution in [-0.4, -0.2) is 60.1 Å². The van der Waals surface area contributed by atoms with E-state index in [-0.39, 0.29) is 5.91 Å². The Hall–Kier alpha value is -2.24. The standard InChI is InChI=1S/C20H25N3O2/c1-17-4-2-5-18(14-17)16-23(9-8-22-10-12-25-13-11-22)20(24)19-6-3-7-21-15-19/h2-7,14-15H,8-13,16H2,1H3. The summed E-state index contributed by atoms with van der Waals surface area (Å²) in [5.41, 5.74) is 3.00. The minimum absolute atomic E-state index is 0.0304. The molecule has 5 heteroatoms. The van der Waals surface area contributed by atoms with Crippen LogP contribution in [0.2, 0.25) is 0 Å². The van der Waals surface area contributed by atoms with Crippen LogP contribution >= 0.6 is 0 Å². The van der Waals surface area contributed by atoms with Gasteiger partial charge in [-0.3, -0.25) is 14.7 Å². The van der Waals surface area contributed by atoms with Gasteiger partial charge in [-0.25, -0.2) is 0 Å². The first-order valence-electron chi connectivity index (χ1n) is 8.77. The molecule has 0 N–H and O–H groups in total. The number of nitrogens with zero attached hydrogens (tertiary/aromatic N) is 3. The molecule has 0 bridgehead atoms. The van der Waals surface area contributed by atoms with Crippen LogP contribution in [0, 0.1) is 6.92 Å². The predicted molar refractivity (Wildman–Crippen MR) is 97.4 cm³/mol. The van der Waals surface area contributed by atoms with Crippen LogP contribution in [-0.2, 0) is 11.3 Å². The summed E-state index contributed by atoms with van der Waals surface area (Å²) in [6.07, 6.45) is 3.33. The lowest BCUT2D eigenvalue weighted by atomic mass is 10.1. The van der Waals surface area contributed by atoms with Crippen LogP contribution < -0.4 is 0 Å². The van der Waals surface area contributed by atoms with E-state index in [0.717, 1.165) is 38.4 Å². The van der Waals surface area contributed by atoms with Crippen molar-refractivity contribution in [3.05, 3.63) is 65.5 Å². The average molecular weight is 339 g/mol. The number of hydrogen-bond donors (Lipinski definition) is 0. The van der Waals surface area contributed by atoms with E-state index in [4.69, 9.17) is 4.74 Å². The molecule has 1 amide bonds. The Morgan fingerprint density at radius 1 is 1.24 bits per heavy atom. The van der Waals surface area contributed by atoms with Crippen molar-refractivity contribution in [2.75, 3.05) is 39.4 Å². The molecule has 1 aromatic heterocycles. The Kier molecular flexibility index (Phi) is 6.14. The van der Waals surface area contributed by atoms with Gasteiger partial charge in [0.25, 0.3) is 5.91 Å². The van der Waals surface area contributed by atoms with Crippen molar-refractivity contribution in [3.63, 3.8) is 0 Å². The van der Waals surface area contributed by atoms with Gasteiger partial charge in [-0.1, -0.05) is 29.8 Å². The van der Waals surface area contributed by atoms with Crippen LogP contribution in [0.5, 0.6) is 0 Å². The topological polar surface area (TPSA) is 45.7 Å². The molecular weight excluding hydrogens is 314 g/mol. The predicted octanol–water partition coefficient (Wildman–Crippen LogP) is 2.36. The minimum Gasteiger partial charge on any atom is -0.379 e. The second-order valence-corrected chi connectivity index (χ2v) is 6.41. The number of carbonyl (C=O) groups excluding carboxylic acids is 1. The van der Waals surface area contributed by atoms with Gasteiger partial charge in [0.1, 0.15) is 0 Å². The quantitative estimate of drug-likeness (QED) is 0.810. The van der Waals surface area contributed by atoms with Crippen molar-refractivity contribution in [3.8, 4) is 0 Å². The maximum atomic E-state index is 12.9. The summed E-state index contributed by atoms with van der Waals surface area (Å²) in [4.78, 5) is 21.3. The Morgan fingerprint density at radius 2 is 2.08 bits per heavy atom. The highest BCUT2D eigenvalue weighted by Gasteiger charge is 2.18. The summed E-state index contributed by atoms with van der Waals surface area (Å²) >= 11 is 0. The fourth-order valence-corrected chi connectivity index (χ4v) is 3.04. The highest BCUT2D eigenvalue weighted by Crippen LogP contribution is 2.12. The molecule has 0 atom stereocenters. The number of hydrogen-bond acceptors (Lipinski definition) is 4. The number of pyridine rings is 1. The molecule has 0 radical (unpaired) electrons. The number of morpholine rings is 1. The number of amides is 1. The van der Waals surface area contributed by atoms with Crippen molar-refractivity contribution in [1.29, 1.82) is 0 Å². The number of ether oxygens (including phenoxy) is 1. The summed E-state index contributed by atoms with van der Waals surface area (Å²) in [5.74, 6) is 0.0304. The van der Waals surface area contributed by atoms with E-state index in [1.165, 1.54) is 5.56 Å². The van der Waals surface area contributed by atoms with E-state index in [9.17, 15) is 4.79 Å². The molecule has 1 aliphatic heterocycles. The highest BCUT2D eigenvalue weighted by atomic mass is 16.5. The lowest BCUT2D eigenvalue weighted by Crippen LogP contribution is -2.42. The van der Waals surface area contributed by atoms with Crippen molar-refractivity contribution < 1.29 is 9.53 Å². The zero-order valence-corrected chi connectivity index (χ0v) is 14.7. The fraction of sp³-hybridized carbons (Fsp3) is 0.400. The molecule has 0 saturated carbocycles. The Morgan fingerprint density at radius 3 is 2.80 bits per heavy atom. The van der Waals surface area contributed by atoms with Gasteiger partial charge < -0.3 is 9.64 Å². The molecule has 1 fully saturated rings. The number of rotatable bonds is 6. The van der Waals surface area contributed by atoms with Crippen LogP contribution in [0.4, 0.5) is 0 Å². The molecule has 0 unspecified atom stereocenters. The summed E-state index contributed by atoms with van der Waals surface area (Å²) in [6, 6.07) is 12.0. The third kappa shape index (κ3) is 5.11. The molecule has 2 heterocycles. The normalized spacial score (nSPS) is 15.1. The summed E-state index contributed by atoms with van der Waals surface area (Å²) < 4.78 is 5.40. The first-order chi connectivity index (χ1) is 12.2. The lowest BCUT2D eigenvalue weighted by molar-refractivity contribution is 0.0320. The molecule has 25 heavy (non-hydrogen) atoms. The van der Waals surface area contributed by atoms with E-state index < -0.39 is 0 Å². The summed E-state index contributed by atoms with van der Waals surface area (Å²) in [6.45, 7) is 7.65. The molecule has 3 rings (SSSR count). The average Bonchev–Trinajstić information content (AvgIpc) is 2.66. The summed E-state index contributed by atoms with van der Waals surface area (Å²) in [5, 5.41) is 0. The van der Waals surface area contributed by atoms with Crippen molar-refractivity contribution in [1.82, 2.24) is 14.8 Å². The molecule has 0 spiro atoms. The van der Waals surface area contributed by atoms with Crippen molar-refractivity contribution in [2.45, 2.75) is 13.5 Å². The molecule has 1 saturated heterocycles. The molecule has 132 valence electrons. The number of benzene rings is 1. The minimum atomic E-state index is 0.0304. The molecule has 1 aliphatic rings. The third-order valence-electron chi connectivity index (χ3n) is 4.44. The van der Waals surface area contributed by atoms with E-state index in [0.29, 0.717) is 18.7 Å². The van der Waals surface area contributed by atoms with Crippen LogP contribution in [0.25, 0.3) is 0 Å². The van der Waals surface area contributed by atoms with Gasteiger partial charge in [0.05, 0.1) is 18.8 Å². The maximum absolute atomic E-state index is 12.9. The molecule has 2 aromatic rings. The monoisotopic (exact) mass is 339 g/mol. The number of aryl methyl sites for hydroxylation is 1. The fourth-order valence-electron chi connectivity index (χ4n) is 3.04. The van der Waals surface area contributed by atoms with Gasteiger partial charge in [-0.2, -0.15) is 0 Å². The van der Waals surface area contributed by atoms with Gasteiger partial charge in [-0.15, -0.1) is 0 Å². The number of carbonyl (C=O) groups is 1. The molecular formula is C20H25N3O2. The van der Waals surface area contributed by atoms with Gasteiger partial charge in [0.15, 0.2) is 0 Å². The third-order valence-corrected chi connectivity index (χ3v) is 4.44. The SMILES string of the molecule is Cc1cccc(CN(CCN2CCOCC2)C(=O)c2cccnc2)c1. The zero-order chi connectivity index (χ0) is 17.5. The number of aromatic nitrogens is 1. The Labute approximate surface area is 149 Å². The van der Waals surface area contributed by atoms with Crippen LogP contribution in [0.1, 0.15) is 21.5 Å². The molecule has 5 nitrogen and oxygen atoms in total. The second kappa shape index (κ2) is 8.74. The van der Waals surface area contributed by atoms with Gasteiger partial charge in [-0.05, 0) is 24.6 Å². The first kappa shape index (κ1) is 17.6. The first-order valence-corrected chi connectivity index (χ1v) is 8.77. The summed E-state index contributed by atoms with van der Waals surface area (Å²) in [7, 11) is 0. The van der Waals surface area contributed by atoms with E-state index in [1.807, 2.05) is 17.0 Å². The molecule has 1 aromatic carbocycles. The van der Waals surface area contributed by atoms with E-state index in [1.54, 1.807) is 18.5 Å². The Bertz CT molecular complexity index is 684. The smallest absolute Gasteiger partial charge is 0.255 e. The van der Waals surface area contributed by atoms with E-state index in [2.05, 4.69) is 35.0 Å². The van der Waals surface area contributed by atoms with Gasteiger partial charge >= 0.3 is 0 Å². The van der Waals surface area contributed by atoms with Crippen molar-refractivity contribution >= 4 is 5.91 Å². The largest absolute Gasteiger partial charge is 0.379 e.